The van der Waals surface area contributed by atoms with E-state index < -0.39 is 23.3 Å². The van der Waals surface area contributed by atoms with Gasteiger partial charge in [0.25, 0.3) is 0 Å². The molecule has 5 atom stereocenters. The fourth-order valence-corrected chi connectivity index (χ4v) is 5.23. The molecule has 0 bridgehead atoms. The van der Waals surface area contributed by atoms with Gasteiger partial charge in [-0.1, -0.05) is 63.7 Å². The molecule has 0 saturated heterocycles. The van der Waals surface area contributed by atoms with Crippen molar-refractivity contribution < 1.29 is 39.8 Å². The minimum atomic E-state index is -1.29. The van der Waals surface area contributed by atoms with Crippen LogP contribution in [0.5, 0.6) is 5.75 Å². The molecule has 1 amide bonds. The molecule has 1 aliphatic carbocycles. The zero-order valence-corrected chi connectivity index (χ0v) is 23.8. The number of esters is 1. The first kappa shape index (κ1) is 33.4. The number of hydrogen-bond acceptors (Lipinski definition) is 8. The summed E-state index contributed by atoms with van der Waals surface area (Å²) in [6.45, 7) is 2.13. The fourth-order valence-electron chi connectivity index (χ4n) is 5.23. The van der Waals surface area contributed by atoms with Crippen LogP contribution in [0, 0.1) is 17.0 Å². The van der Waals surface area contributed by atoms with Crippen molar-refractivity contribution in [2.24, 2.45) is 11.8 Å². The van der Waals surface area contributed by atoms with Gasteiger partial charge in [0.2, 0.25) is 11.6 Å². The summed E-state index contributed by atoms with van der Waals surface area (Å²) >= 11 is 0. The van der Waals surface area contributed by atoms with Crippen LogP contribution in [0.3, 0.4) is 0 Å². The minimum absolute atomic E-state index is 0.00440. The predicted molar refractivity (Wildman–Crippen MR) is 150 cm³/mol. The normalized spacial score (nSPS) is 19.5. The maximum Gasteiger partial charge on any atom is 0.328 e. The standard InChI is InChI=1S/C30H46N2O8/c1-3-4-7-10-23(33)16-14-22-15-18-27(34)24(22)11-8-5-6-9-12-29(36)31-25(30(37)40-2)19-21-13-17-28(35)26(20-21)32(38)39/h13-14,16-17,20,22-25,32-33,35,38H,3-12,15,18-19H2,1-2H3,(H,31,36)/t22-,23-,24-,25+/m1/s1. The summed E-state index contributed by atoms with van der Waals surface area (Å²) in [5.41, 5.74) is 0.181. The number of aliphatic hydroxyl groups is 1. The Hall–Kier alpha value is -2.79. The van der Waals surface area contributed by atoms with E-state index in [0.29, 0.717) is 24.2 Å². The van der Waals surface area contributed by atoms with Crippen molar-refractivity contribution in [1.29, 1.82) is 0 Å². The number of rotatable bonds is 18. The van der Waals surface area contributed by atoms with Crippen molar-refractivity contribution in [2.75, 3.05) is 7.11 Å². The van der Waals surface area contributed by atoms with Gasteiger partial charge in [0, 0.05) is 31.2 Å². The molecule has 2 rings (SSSR count). The molecular formula is C30H46N2O8. The Morgan fingerprint density at radius 2 is 1.95 bits per heavy atom. The predicted octanol–water partition coefficient (Wildman–Crippen LogP) is 3.43. The van der Waals surface area contributed by atoms with Gasteiger partial charge < -0.3 is 25.5 Å². The fraction of sp³-hybridized carbons (Fsp3) is 0.633. The van der Waals surface area contributed by atoms with E-state index in [2.05, 4.69) is 12.2 Å². The highest BCUT2D eigenvalue weighted by Crippen LogP contribution is 2.34. The van der Waals surface area contributed by atoms with E-state index in [0.717, 1.165) is 57.8 Å². The number of nitrogens with one attached hydrogen (secondary N) is 2. The number of hydrogen-bond donors (Lipinski definition) is 5. The molecule has 1 saturated carbocycles. The second-order valence-electron chi connectivity index (χ2n) is 10.7. The summed E-state index contributed by atoms with van der Waals surface area (Å²) in [7, 11) is 1.21. The lowest BCUT2D eigenvalue weighted by Crippen LogP contribution is -2.99. The number of unbranched alkanes of at least 4 members (excludes halogenated alkanes) is 5. The van der Waals surface area contributed by atoms with Crippen LogP contribution >= 0.6 is 0 Å². The molecule has 224 valence electrons. The lowest BCUT2D eigenvalue weighted by Gasteiger charge is -2.18. The molecule has 0 aliphatic heterocycles. The van der Waals surface area contributed by atoms with Crippen molar-refractivity contribution in [3.63, 3.8) is 0 Å². The van der Waals surface area contributed by atoms with Crippen LogP contribution in [-0.4, -0.2) is 52.3 Å². The van der Waals surface area contributed by atoms with Crippen LogP contribution in [0.4, 0.5) is 5.69 Å². The van der Waals surface area contributed by atoms with E-state index in [9.17, 15) is 35.0 Å². The number of Topliss-reactive ketones (excluding diaryl/α,β-unsaturated/α-hetero) is 1. The van der Waals surface area contributed by atoms with E-state index in [1.165, 1.54) is 25.3 Å². The van der Waals surface area contributed by atoms with Crippen LogP contribution in [0.15, 0.2) is 30.4 Å². The van der Waals surface area contributed by atoms with Crippen LogP contribution in [0.1, 0.15) is 89.5 Å². The Bertz CT molecular complexity index is 980. The number of aromatic hydroxyl groups is 1. The number of aliphatic hydroxyl groups excluding tert-OH is 1. The third kappa shape index (κ3) is 11.4. The van der Waals surface area contributed by atoms with Crippen molar-refractivity contribution >= 4 is 23.3 Å². The molecular weight excluding hydrogens is 516 g/mol. The molecule has 1 unspecified atom stereocenters. The summed E-state index contributed by atoms with van der Waals surface area (Å²) in [5, 5.41) is 41.7. The van der Waals surface area contributed by atoms with Crippen LogP contribution < -0.4 is 10.5 Å². The highest BCUT2D eigenvalue weighted by atomic mass is 16.8. The van der Waals surface area contributed by atoms with Crippen LogP contribution in [0.25, 0.3) is 0 Å². The van der Waals surface area contributed by atoms with Crippen molar-refractivity contribution in [2.45, 2.75) is 103 Å². The number of phenols is 1. The number of allylic oxidation sites excluding steroid dienone is 1. The van der Waals surface area contributed by atoms with Gasteiger partial charge in [-0.15, -0.1) is 0 Å². The maximum absolute atomic E-state index is 12.5. The van der Waals surface area contributed by atoms with Crippen LogP contribution in [-0.2, 0) is 25.5 Å². The van der Waals surface area contributed by atoms with Gasteiger partial charge in [0.05, 0.1) is 13.2 Å². The smallest absolute Gasteiger partial charge is 0.328 e. The van der Waals surface area contributed by atoms with Crippen molar-refractivity contribution in [3.8, 4) is 5.75 Å². The van der Waals surface area contributed by atoms with Gasteiger partial charge in [-0.3, -0.25) is 9.59 Å². The molecule has 1 aliphatic rings. The quantitative estimate of drug-likeness (QED) is 0.0598. The number of benzene rings is 1. The zero-order chi connectivity index (χ0) is 29.5. The topological polar surface area (TPSA) is 161 Å². The Kier molecular flexibility index (Phi) is 14.9. The average molecular weight is 563 g/mol. The number of ether oxygens (including phenoxy) is 1. The Balaban J connectivity index is 1.74. The molecule has 0 heterocycles. The molecule has 0 spiro atoms. The number of methoxy groups -OCH3 is 1. The van der Waals surface area contributed by atoms with Gasteiger partial charge in [-0.25, -0.2) is 10.0 Å². The Morgan fingerprint density at radius 3 is 2.65 bits per heavy atom. The first-order valence-electron chi connectivity index (χ1n) is 14.5. The number of carbonyl (C=O) groups excluding carboxylic acids is 3. The van der Waals surface area contributed by atoms with Gasteiger partial charge >= 0.3 is 5.97 Å². The molecule has 1 aromatic rings. The van der Waals surface area contributed by atoms with Gasteiger partial charge in [-0.2, -0.15) is 5.23 Å². The molecule has 0 aromatic heterocycles. The monoisotopic (exact) mass is 562 g/mol. The maximum atomic E-state index is 12.5. The van der Waals surface area contributed by atoms with Crippen molar-refractivity contribution in [3.05, 3.63) is 41.1 Å². The largest absolute Gasteiger partial charge is 0.595 e. The third-order valence-corrected chi connectivity index (χ3v) is 7.56. The molecule has 5 N–H and O–H groups in total. The third-order valence-electron chi connectivity index (χ3n) is 7.56. The average Bonchev–Trinajstić information content (AvgIpc) is 3.28. The van der Waals surface area contributed by atoms with E-state index in [-0.39, 0.29) is 42.0 Å². The molecule has 10 heteroatoms. The van der Waals surface area contributed by atoms with Gasteiger partial charge in [0.1, 0.15) is 11.8 Å². The summed E-state index contributed by atoms with van der Waals surface area (Å²) < 4.78 is 4.80. The molecule has 1 aromatic carbocycles. The molecule has 0 radical (unpaired) electrons. The highest BCUT2D eigenvalue weighted by molar-refractivity contribution is 5.85. The second-order valence-corrected chi connectivity index (χ2v) is 10.7. The number of quaternary nitrogens is 1. The summed E-state index contributed by atoms with van der Waals surface area (Å²) in [4.78, 5) is 37.1. The number of carbonyl (C=O) groups is 3. The Morgan fingerprint density at radius 1 is 1.20 bits per heavy atom. The van der Waals surface area contributed by atoms with Crippen molar-refractivity contribution in [1.82, 2.24) is 5.32 Å². The number of amides is 1. The first-order chi connectivity index (χ1) is 19.2. The Labute approximate surface area is 236 Å². The first-order valence-corrected chi connectivity index (χ1v) is 14.5. The lowest BCUT2D eigenvalue weighted by molar-refractivity contribution is -0.991. The van der Waals surface area contributed by atoms with Crippen LogP contribution in [0.2, 0.25) is 0 Å². The minimum Gasteiger partial charge on any atom is -0.595 e. The highest BCUT2D eigenvalue weighted by Gasteiger charge is 2.32. The second kappa shape index (κ2) is 17.8. The molecule has 40 heavy (non-hydrogen) atoms. The van der Waals surface area contributed by atoms with E-state index in [1.807, 2.05) is 12.2 Å². The SMILES string of the molecule is CCCCC[C@@H](O)C=C[C@@H]1CCC(=O)[C@@H]1CCCCCCC(=O)N[C@@H](Cc1ccc(O)c([NH+]([O-])O)c1)C(=O)OC. The number of ketones is 1. The van der Waals surface area contributed by atoms with Gasteiger partial charge in [0.15, 0.2) is 5.75 Å². The van der Waals surface area contributed by atoms with Gasteiger partial charge in [-0.05, 0) is 43.2 Å². The zero-order valence-electron chi connectivity index (χ0n) is 23.8. The molecule has 10 nitrogen and oxygen atoms in total. The van der Waals surface area contributed by atoms with E-state index in [4.69, 9.17) is 4.74 Å². The number of phenolic OH excluding ortho intramolecular Hbond substituents is 1. The van der Waals surface area contributed by atoms with E-state index >= 15 is 0 Å². The van der Waals surface area contributed by atoms with E-state index in [1.54, 1.807) is 0 Å². The summed E-state index contributed by atoms with van der Waals surface area (Å²) in [6.07, 6.45) is 13.1. The lowest BCUT2D eigenvalue weighted by atomic mass is 9.89. The summed E-state index contributed by atoms with van der Waals surface area (Å²) in [6, 6.07) is 3.03. The molecule has 1 fully saturated rings. The summed E-state index contributed by atoms with van der Waals surface area (Å²) in [5.74, 6) is -0.833.